The zero-order chi connectivity index (χ0) is 17.4. The highest BCUT2D eigenvalue weighted by molar-refractivity contribution is 9.10. The van der Waals surface area contributed by atoms with E-state index in [1.165, 1.54) is 12.8 Å². The highest BCUT2D eigenvalue weighted by Crippen LogP contribution is 2.29. The Labute approximate surface area is 154 Å². The molecule has 0 saturated heterocycles. The Morgan fingerprint density at radius 3 is 2.62 bits per heavy atom. The Kier molecular flexibility index (Phi) is 8.04. The lowest BCUT2D eigenvalue weighted by Gasteiger charge is -2.34. The lowest BCUT2D eigenvalue weighted by molar-refractivity contribution is 0.216. The van der Waals surface area contributed by atoms with E-state index in [0.717, 1.165) is 36.2 Å². The number of halogens is 1. The van der Waals surface area contributed by atoms with Gasteiger partial charge in [-0.25, -0.2) is 4.98 Å². The molecule has 1 aromatic rings. The van der Waals surface area contributed by atoms with Gasteiger partial charge in [-0.1, -0.05) is 18.8 Å². The third kappa shape index (κ3) is 5.77. The number of hydrogen-bond acceptors (Lipinski definition) is 4. The molecule has 0 unspecified atom stereocenters. The number of likely N-dealkylation sites (N-methyl/N-ethyl adjacent to an activating group) is 1. The molecule has 132 valence electrons. The summed E-state index contributed by atoms with van der Waals surface area (Å²) in [6.07, 6.45) is 6.51. The van der Waals surface area contributed by atoms with Crippen molar-refractivity contribution in [3.8, 4) is 11.8 Å². The molecule has 1 aliphatic carbocycles. The first-order valence-electron chi connectivity index (χ1n) is 8.80. The van der Waals surface area contributed by atoms with Crippen LogP contribution >= 0.6 is 15.9 Å². The van der Waals surface area contributed by atoms with Crippen LogP contribution < -0.4 is 4.90 Å². The predicted octanol–water partition coefficient (Wildman–Crippen LogP) is 3.16. The van der Waals surface area contributed by atoms with Crippen molar-refractivity contribution < 1.29 is 5.11 Å². The molecule has 1 aliphatic rings. The second kappa shape index (κ2) is 10.0. The van der Waals surface area contributed by atoms with Crippen LogP contribution in [-0.4, -0.2) is 54.3 Å². The van der Waals surface area contributed by atoms with Crippen molar-refractivity contribution in [2.24, 2.45) is 5.92 Å². The molecule has 0 aliphatic heterocycles. The van der Waals surface area contributed by atoms with E-state index in [1.807, 2.05) is 12.3 Å². The maximum Gasteiger partial charge on any atom is 0.128 e. The molecular formula is C19H28BrN3O. The zero-order valence-corrected chi connectivity index (χ0v) is 16.3. The molecule has 0 amide bonds. The van der Waals surface area contributed by atoms with Crippen LogP contribution in [0.2, 0.25) is 0 Å². The van der Waals surface area contributed by atoms with E-state index in [9.17, 15) is 0 Å². The fourth-order valence-corrected chi connectivity index (χ4v) is 3.40. The smallest absolute Gasteiger partial charge is 0.128 e. The average Bonchev–Trinajstić information content (AvgIpc) is 2.61. The minimum absolute atomic E-state index is 0.205. The van der Waals surface area contributed by atoms with Gasteiger partial charge in [0.25, 0.3) is 0 Å². The van der Waals surface area contributed by atoms with Crippen LogP contribution in [0.4, 0.5) is 5.82 Å². The minimum atomic E-state index is 0.205. The number of nitrogens with zero attached hydrogens (tertiary/aromatic N) is 3. The zero-order valence-electron chi connectivity index (χ0n) is 14.7. The van der Waals surface area contributed by atoms with E-state index < -0.39 is 0 Å². The summed E-state index contributed by atoms with van der Waals surface area (Å²) < 4.78 is 1.01. The summed E-state index contributed by atoms with van der Waals surface area (Å²) in [7, 11) is 2.14. The average molecular weight is 394 g/mol. The van der Waals surface area contributed by atoms with Gasteiger partial charge in [0.2, 0.25) is 0 Å². The van der Waals surface area contributed by atoms with E-state index in [0.29, 0.717) is 18.5 Å². The quantitative estimate of drug-likeness (QED) is 0.753. The van der Waals surface area contributed by atoms with E-state index in [2.05, 4.69) is 62.6 Å². The van der Waals surface area contributed by atoms with Gasteiger partial charge in [-0.3, -0.25) is 4.90 Å². The SMILES string of the molecule is CCN(CC#CC1CCC(N(C)c2ccc(Br)cn2)CC1)CCO. The minimum Gasteiger partial charge on any atom is -0.395 e. The van der Waals surface area contributed by atoms with Crippen molar-refractivity contribution in [3.63, 3.8) is 0 Å². The Hall–Kier alpha value is -1.09. The molecule has 0 radical (unpaired) electrons. The maximum absolute atomic E-state index is 9.00. The van der Waals surface area contributed by atoms with Crippen LogP contribution in [0, 0.1) is 17.8 Å². The van der Waals surface area contributed by atoms with Gasteiger partial charge in [0.05, 0.1) is 13.2 Å². The van der Waals surface area contributed by atoms with Crippen LogP contribution in [0.3, 0.4) is 0 Å². The van der Waals surface area contributed by atoms with Crippen molar-refractivity contribution in [2.45, 2.75) is 38.6 Å². The number of aliphatic hydroxyl groups excluding tert-OH is 1. The monoisotopic (exact) mass is 393 g/mol. The molecule has 1 fully saturated rings. The van der Waals surface area contributed by atoms with E-state index in [1.54, 1.807) is 0 Å². The molecule has 1 aromatic heterocycles. The highest BCUT2D eigenvalue weighted by Gasteiger charge is 2.23. The highest BCUT2D eigenvalue weighted by atomic mass is 79.9. The van der Waals surface area contributed by atoms with E-state index in [-0.39, 0.29) is 6.61 Å². The molecule has 5 heteroatoms. The molecule has 0 spiro atoms. The molecule has 0 atom stereocenters. The summed E-state index contributed by atoms with van der Waals surface area (Å²) in [5, 5.41) is 9.00. The Morgan fingerprint density at radius 2 is 2.04 bits per heavy atom. The molecule has 4 nitrogen and oxygen atoms in total. The molecule has 1 heterocycles. The predicted molar refractivity (Wildman–Crippen MR) is 103 cm³/mol. The normalized spacial score (nSPS) is 20.5. The van der Waals surface area contributed by atoms with E-state index >= 15 is 0 Å². The molecule has 24 heavy (non-hydrogen) atoms. The summed E-state index contributed by atoms with van der Waals surface area (Å²) in [4.78, 5) is 8.97. The first kappa shape index (κ1) is 19.2. The van der Waals surface area contributed by atoms with Gasteiger partial charge in [0, 0.05) is 36.2 Å². The van der Waals surface area contributed by atoms with Crippen molar-refractivity contribution in [3.05, 3.63) is 22.8 Å². The number of anilines is 1. The second-order valence-corrected chi connectivity index (χ2v) is 7.28. The summed E-state index contributed by atoms with van der Waals surface area (Å²) >= 11 is 3.43. The van der Waals surface area contributed by atoms with Crippen molar-refractivity contribution in [1.29, 1.82) is 0 Å². The molecular weight excluding hydrogens is 366 g/mol. The van der Waals surface area contributed by atoms with Gasteiger partial charge < -0.3 is 10.0 Å². The Morgan fingerprint density at radius 1 is 1.29 bits per heavy atom. The van der Waals surface area contributed by atoms with Crippen molar-refractivity contribution in [1.82, 2.24) is 9.88 Å². The topological polar surface area (TPSA) is 39.6 Å². The van der Waals surface area contributed by atoms with Gasteiger partial charge in [-0.2, -0.15) is 0 Å². The third-order valence-corrected chi connectivity index (χ3v) is 5.26. The first-order chi connectivity index (χ1) is 11.6. The number of rotatable bonds is 6. The second-order valence-electron chi connectivity index (χ2n) is 6.36. The maximum atomic E-state index is 9.00. The molecule has 1 N–H and O–H groups in total. The number of aliphatic hydroxyl groups is 1. The van der Waals surface area contributed by atoms with E-state index in [4.69, 9.17) is 5.11 Å². The van der Waals surface area contributed by atoms with Gasteiger partial charge in [-0.05, 0) is 60.3 Å². The number of pyridine rings is 1. The van der Waals surface area contributed by atoms with Crippen LogP contribution in [0.1, 0.15) is 32.6 Å². The summed E-state index contributed by atoms with van der Waals surface area (Å²) in [5.41, 5.74) is 0. The van der Waals surface area contributed by atoms with Gasteiger partial charge in [-0.15, -0.1) is 0 Å². The van der Waals surface area contributed by atoms with Gasteiger partial charge in [0.1, 0.15) is 5.82 Å². The fourth-order valence-electron chi connectivity index (χ4n) is 3.16. The fraction of sp³-hybridized carbons (Fsp3) is 0.632. The Bertz CT molecular complexity index is 544. The molecule has 0 bridgehead atoms. The van der Waals surface area contributed by atoms with Gasteiger partial charge >= 0.3 is 0 Å². The largest absolute Gasteiger partial charge is 0.395 e. The Balaban J connectivity index is 1.80. The standard InChI is InChI=1S/C19H28BrN3O/c1-3-23(13-14-24)12-4-5-16-6-9-18(10-7-16)22(2)19-11-8-17(20)15-21-19/h8,11,15-16,18,24H,3,6-7,9-10,12-14H2,1-2H3. The summed E-state index contributed by atoms with van der Waals surface area (Å²) in [6, 6.07) is 4.66. The first-order valence-corrected chi connectivity index (χ1v) is 9.59. The van der Waals surface area contributed by atoms with Crippen molar-refractivity contribution in [2.75, 3.05) is 38.2 Å². The molecule has 0 aromatic carbocycles. The summed E-state index contributed by atoms with van der Waals surface area (Å²) in [5.74, 6) is 8.30. The summed E-state index contributed by atoms with van der Waals surface area (Å²) in [6.45, 7) is 4.72. The van der Waals surface area contributed by atoms with Gasteiger partial charge in [0.15, 0.2) is 0 Å². The number of hydrogen-bond donors (Lipinski definition) is 1. The third-order valence-electron chi connectivity index (χ3n) is 4.79. The lowest BCUT2D eigenvalue weighted by atomic mass is 9.86. The van der Waals surface area contributed by atoms with Crippen LogP contribution in [0.15, 0.2) is 22.8 Å². The van der Waals surface area contributed by atoms with Crippen molar-refractivity contribution >= 4 is 21.7 Å². The molecule has 2 rings (SSSR count). The number of aromatic nitrogens is 1. The molecule has 1 saturated carbocycles. The van der Waals surface area contributed by atoms with Crippen LogP contribution in [0.5, 0.6) is 0 Å². The van der Waals surface area contributed by atoms with Crippen LogP contribution in [-0.2, 0) is 0 Å². The van der Waals surface area contributed by atoms with Crippen LogP contribution in [0.25, 0.3) is 0 Å². The lowest BCUT2D eigenvalue weighted by Crippen LogP contribution is -2.35.